The summed E-state index contributed by atoms with van der Waals surface area (Å²) in [6.07, 6.45) is 3.87. The van der Waals surface area contributed by atoms with Crippen LogP contribution in [0.1, 0.15) is 42.9 Å². The molecule has 0 fully saturated rings. The van der Waals surface area contributed by atoms with Crippen LogP contribution in [0.4, 0.5) is 5.69 Å². The first-order valence-corrected chi connectivity index (χ1v) is 5.97. The Morgan fingerprint density at radius 3 is 2.13 bits per heavy atom. The van der Waals surface area contributed by atoms with Gasteiger partial charge in [0.15, 0.2) is 0 Å². The van der Waals surface area contributed by atoms with Crippen LogP contribution in [-0.4, -0.2) is 6.54 Å². The molecule has 0 aliphatic carbocycles. The van der Waals surface area contributed by atoms with Crippen molar-refractivity contribution in [3.8, 4) is 0 Å². The standard InChI is InChI=1S/C14H23N/c1-5-6-7-8-15-14-12(3)9-11(2)10-13(14)4/h9-10,15H,5-8H2,1-4H3. The Balaban J connectivity index is 2.60. The van der Waals surface area contributed by atoms with Crippen molar-refractivity contribution in [1.29, 1.82) is 0 Å². The average molecular weight is 205 g/mol. The fraction of sp³-hybridized carbons (Fsp3) is 0.571. The minimum Gasteiger partial charge on any atom is -0.385 e. The highest BCUT2D eigenvalue weighted by molar-refractivity contribution is 5.58. The van der Waals surface area contributed by atoms with E-state index >= 15 is 0 Å². The molecule has 0 amide bonds. The minimum absolute atomic E-state index is 1.10. The first-order chi connectivity index (χ1) is 7.15. The molecule has 0 heterocycles. The molecule has 0 spiro atoms. The lowest BCUT2D eigenvalue weighted by Gasteiger charge is -2.13. The van der Waals surface area contributed by atoms with Gasteiger partial charge in [0.2, 0.25) is 0 Å². The Morgan fingerprint density at radius 2 is 1.60 bits per heavy atom. The van der Waals surface area contributed by atoms with Crippen molar-refractivity contribution in [2.45, 2.75) is 47.0 Å². The van der Waals surface area contributed by atoms with Crippen molar-refractivity contribution in [2.75, 3.05) is 11.9 Å². The van der Waals surface area contributed by atoms with Crippen LogP contribution in [0, 0.1) is 20.8 Å². The van der Waals surface area contributed by atoms with Crippen LogP contribution >= 0.6 is 0 Å². The molecule has 1 aromatic rings. The lowest BCUT2D eigenvalue weighted by atomic mass is 10.0. The third-order valence-corrected chi connectivity index (χ3v) is 2.76. The normalized spacial score (nSPS) is 10.4. The molecule has 1 rings (SSSR count). The highest BCUT2D eigenvalue weighted by Gasteiger charge is 2.02. The predicted molar refractivity (Wildman–Crippen MR) is 68.7 cm³/mol. The van der Waals surface area contributed by atoms with Gasteiger partial charge in [-0.25, -0.2) is 0 Å². The van der Waals surface area contributed by atoms with Gasteiger partial charge in [-0.3, -0.25) is 0 Å². The molecule has 0 atom stereocenters. The fourth-order valence-corrected chi connectivity index (χ4v) is 2.05. The summed E-state index contributed by atoms with van der Waals surface area (Å²) >= 11 is 0. The number of nitrogens with one attached hydrogen (secondary N) is 1. The number of hydrogen-bond donors (Lipinski definition) is 1. The summed E-state index contributed by atoms with van der Waals surface area (Å²) in [5.74, 6) is 0. The number of anilines is 1. The predicted octanol–water partition coefficient (Wildman–Crippen LogP) is 4.21. The lowest BCUT2D eigenvalue weighted by molar-refractivity contribution is 0.743. The van der Waals surface area contributed by atoms with Crippen molar-refractivity contribution in [3.05, 3.63) is 28.8 Å². The van der Waals surface area contributed by atoms with Gasteiger partial charge in [0.1, 0.15) is 0 Å². The van der Waals surface area contributed by atoms with E-state index in [4.69, 9.17) is 0 Å². The van der Waals surface area contributed by atoms with Gasteiger partial charge in [-0.1, -0.05) is 37.5 Å². The molecule has 0 bridgehead atoms. The van der Waals surface area contributed by atoms with Gasteiger partial charge in [-0.2, -0.15) is 0 Å². The molecule has 0 aromatic heterocycles. The number of rotatable bonds is 5. The molecule has 0 radical (unpaired) electrons. The zero-order valence-electron chi connectivity index (χ0n) is 10.5. The Bertz CT molecular complexity index is 292. The molecule has 1 nitrogen and oxygen atoms in total. The maximum Gasteiger partial charge on any atom is 0.0399 e. The summed E-state index contributed by atoms with van der Waals surface area (Å²) in [7, 11) is 0. The summed E-state index contributed by atoms with van der Waals surface area (Å²) in [6, 6.07) is 4.49. The van der Waals surface area contributed by atoms with Crippen LogP contribution in [-0.2, 0) is 0 Å². The van der Waals surface area contributed by atoms with E-state index in [1.165, 1.54) is 41.6 Å². The van der Waals surface area contributed by atoms with E-state index in [0.717, 1.165) is 6.54 Å². The van der Waals surface area contributed by atoms with Gasteiger partial charge in [-0.15, -0.1) is 0 Å². The van der Waals surface area contributed by atoms with E-state index < -0.39 is 0 Å². The van der Waals surface area contributed by atoms with Gasteiger partial charge in [0.05, 0.1) is 0 Å². The van der Waals surface area contributed by atoms with Crippen LogP contribution in [0.15, 0.2) is 12.1 Å². The average Bonchev–Trinajstić information content (AvgIpc) is 2.15. The topological polar surface area (TPSA) is 12.0 Å². The third-order valence-electron chi connectivity index (χ3n) is 2.76. The summed E-state index contributed by atoms with van der Waals surface area (Å²) in [6.45, 7) is 9.85. The second-order valence-corrected chi connectivity index (χ2v) is 4.41. The molecule has 1 aromatic carbocycles. The van der Waals surface area contributed by atoms with Crippen LogP contribution in [0.2, 0.25) is 0 Å². The van der Waals surface area contributed by atoms with Gasteiger partial charge in [0, 0.05) is 12.2 Å². The van der Waals surface area contributed by atoms with Crippen molar-refractivity contribution in [2.24, 2.45) is 0 Å². The molecule has 0 aliphatic rings. The summed E-state index contributed by atoms with van der Waals surface area (Å²) in [5.41, 5.74) is 5.41. The minimum atomic E-state index is 1.10. The van der Waals surface area contributed by atoms with Crippen LogP contribution in [0.5, 0.6) is 0 Å². The summed E-state index contributed by atoms with van der Waals surface area (Å²) < 4.78 is 0. The Morgan fingerprint density at radius 1 is 1.00 bits per heavy atom. The molecule has 84 valence electrons. The lowest BCUT2D eigenvalue weighted by Crippen LogP contribution is -2.04. The fourth-order valence-electron chi connectivity index (χ4n) is 2.05. The SMILES string of the molecule is CCCCCNc1c(C)cc(C)cc1C. The Hall–Kier alpha value is -0.980. The Kier molecular flexibility index (Phi) is 4.67. The largest absolute Gasteiger partial charge is 0.385 e. The van der Waals surface area contributed by atoms with E-state index in [1.54, 1.807) is 0 Å². The zero-order valence-corrected chi connectivity index (χ0v) is 10.5. The highest BCUT2D eigenvalue weighted by atomic mass is 14.9. The molecule has 1 N–H and O–H groups in total. The molecular weight excluding hydrogens is 182 g/mol. The highest BCUT2D eigenvalue weighted by Crippen LogP contribution is 2.21. The van der Waals surface area contributed by atoms with E-state index in [1.807, 2.05) is 0 Å². The number of benzene rings is 1. The van der Waals surface area contributed by atoms with Crippen LogP contribution in [0.25, 0.3) is 0 Å². The van der Waals surface area contributed by atoms with Gasteiger partial charge < -0.3 is 5.32 Å². The molecule has 15 heavy (non-hydrogen) atoms. The van der Waals surface area contributed by atoms with E-state index in [9.17, 15) is 0 Å². The maximum atomic E-state index is 3.54. The van der Waals surface area contributed by atoms with Crippen molar-refractivity contribution in [3.63, 3.8) is 0 Å². The molecule has 0 saturated carbocycles. The van der Waals surface area contributed by atoms with Crippen molar-refractivity contribution >= 4 is 5.69 Å². The first kappa shape index (κ1) is 12.1. The number of aryl methyl sites for hydroxylation is 3. The first-order valence-electron chi connectivity index (χ1n) is 5.97. The smallest absolute Gasteiger partial charge is 0.0399 e. The van der Waals surface area contributed by atoms with Crippen molar-refractivity contribution < 1.29 is 0 Å². The third kappa shape index (κ3) is 3.58. The van der Waals surface area contributed by atoms with Crippen molar-refractivity contribution in [1.82, 2.24) is 0 Å². The molecule has 0 aliphatic heterocycles. The van der Waals surface area contributed by atoms with Crippen LogP contribution in [0.3, 0.4) is 0 Å². The maximum absolute atomic E-state index is 3.54. The monoisotopic (exact) mass is 205 g/mol. The Labute approximate surface area is 93.9 Å². The van der Waals surface area contributed by atoms with Gasteiger partial charge in [0.25, 0.3) is 0 Å². The number of hydrogen-bond acceptors (Lipinski definition) is 1. The van der Waals surface area contributed by atoms with E-state index in [2.05, 4.69) is 45.1 Å². The van der Waals surface area contributed by atoms with E-state index in [-0.39, 0.29) is 0 Å². The quantitative estimate of drug-likeness (QED) is 0.710. The molecule has 0 unspecified atom stereocenters. The van der Waals surface area contributed by atoms with E-state index in [0.29, 0.717) is 0 Å². The summed E-state index contributed by atoms with van der Waals surface area (Å²) in [5, 5.41) is 3.54. The van der Waals surface area contributed by atoms with Crippen LogP contribution < -0.4 is 5.32 Å². The summed E-state index contributed by atoms with van der Waals surface area (Å²) in [4.78, 5) is 0. The second kappa shape index (κ2) is 5.79. The van der Waals surface area contributed by atoms with Gasteiger partial charge in [-0.05, 0) is 38.3 Å². The number of unbranched alkanes of at least 4 members (excludes halogenated alkanes) is 2. The molecule has 0 saturated heterocycles. The molecule has 1 heteroatoms. The molecular formula is C14H23N. The van der Waals surface area contributed by atoms with Gasteiger partial charge >= 0.3 is 0 Å². The second-order valence-electron chi connectivity index (χ2n) is 4.41. The zero-order chi connectivity index (χ0) is 11.3.